The molecule has 1 amide bonds. The van der Waals surface area contributed by atoms with Gasteiger partial charge in [0.15, 0.2) is 0 Å². The van der Waals surface area contributed by atoms with E-state index in [9.17, 15) is 9.18 Å². The van der Waals surface area contributed by atoms with Crippen molar-refractivity contribution >= 4 is 5.91 Å². The summed E-state index contributed by atoms with van der Waals surface area (Å²) in [6.45, 7) is 2.43. The van der Waals surface area contributed by atoms with Crippen LogP contribution in [0.4, 0.5) is 4.39 Å². The molecule has 2 N–H and O–H groups in total. The number of carbonyl (C=O) groups excluding carboxylic acids is 1. The molecule has 1 atom stereocenters. The summed E-state index contributed by atoms with van der Waals surface area (Å²) in [5.74, 6) is 0.112. The van der Waals surface area contributed by atoms with Crippen LogP contribution in [0.3, 0.4) is 0 Å². The molecule has 2 heterocycles. The van der Waals surface area contributed by atoms with E-state index in [0.29, 0.717) is 6.54 Å². The third-order valence-corrected chi connectivity index (χ3v) is 4.35. The highest BCUT2D eigenvalue weighted by atomic mass is 19.1. The van der Waals surface area contributed by atoms with Crippen LogP contribution in [-0.2, 0) is 4.79 Å². The van der Waals surface area contributed by atoms with Gasteiger partial charge in [0.25, 0.3) is 0 Å². The number of benzene rings is 1. The van der Waals surface area contributed by atoms with Crippen LogP contribution in [0.2, 0.25) is 0 Å². The Morgan fingerprint density at radius 2 is 1.83 bits per heavy atom. The fourth-order valence-corrected chi connectivity index (χ4v) is 3.30. The van der Waals surface area contributed by atoms with Gasteiger partial charge < -0.3 is 10.6 Å². The maximum atomic E-state index is 13.0. The Bertz CT molecular complexity index is 451. The molecule has 0 aromatic heterocycles. The number of piperidine rings is 1. The first-order chi connectivity index (χ1) is 8.72. The fourth-order valence-electron chi connectivity index (χ4n) is 3.30. The van der Waals surface area contributed by atoms with Gasteiger partial charge >= 0.3 is 0 Å². The van der Waals surface area contributed by atoms with Gasteiger partial charge in [-0.1, -0.05) is 12.1 Å². The maximum absolute atomic E-state index is 13.0. The van der Waals surface area contributed by atoms with E-state index in [4.69, 9.17) is 0 Å². The first-order valence-electron chi connectivity index (χ1n) is 6.47. The molecular weight excluding hydrogens is 231 g/mol. The minimum atomic E-state index is -0.289. The topological polar surface area (TPSA) is 41.1 Å². The van der Waals surface area contributed by atoms with Crippen LogP contribution in [0, 0.1) is 11.2 Å². The Hall–Kier alpha value is -1.42. The average Bonchev–Trinajstić information content (AvgIpc) is 2.70. The van der Waals surface area contributed by atoms with Gasteiger partial charge in [0, 0.05) is 12.5 Å². The Morgan fingerprint density at radius 1 is 1.17 bits per heavy atom. The molecule has 3 nitrogen and oxygen atoms in total. The van der Waals surface area contributed by atoms with E-state index in [-0.39, 0.29) is 23.1 Å². The second-order valence-corrected chi connectivity index (χ2v) is 5.22. The highest BCUT2D eigenvalue weighted by molar-refractivity contribution is 5.86. The number of hydrogen-bond donors (Lipinski definition) is 2. The largest absolute Gasteiger partial charge is 0.355 e. The number of nitrogens with one attached hydrogen (secondary N) is 2. The fraction of sp³-hybridized carbons (Fsp3) is 0.500. The van der Waals surface area contributed by atoms with E-state index in [1.165, 1.54) is 12.1 Å². The Balaban J connectivity index is 1.95. The van der Waals surface area contributed by atoms with Crippen molar-refractivity contribution in [2.24, 2.45) is 5.41 Å². The number of halogens is 1. The number of carbonyl (C=O) groups is 1. The molecule has 0 saturated carbocycles. The van der Waals surface area contributed by atoms with Gasteiger partial charge in [0.1, 0.15) is 5.82 Å². The zero-order chi connectivity index (χ0) is 12.6. The van der Waals surface area contributed by atoms with Gasteiger partial charge in [-0.25, -0.2) is 4.39 Å². The second kappa shape index (κ2) is 4.35. The molecule has 18 heavy (non-hydrogen) atoms. The maximum Gasteiger partial charge on any atom is 0.227 e. The van der Waals surface area contributed by atoms with Crippen LogP contribution < -0.4 is 10.6 Å². The van der Waals surface area contributed by atoms with Gasteiger partial charge in [-0.15, -0.1) is 0 Å². The molecule has 2 fully saturated rings. The molecule has 1 aromatic carbocycles. The molecule has 0 aliphatic carbocycles. The summed E-state index contributed by atoms with van der Waals surface area (Å²) in [6.07, 6.45) is 1.72. The van der Waals surface area contributed by atoms with E-state index in [2.05, 4.69) is 10.6 Å². The third-order valence-electron chi connectivity index (χ3n) is 4.35. The molecule has 3 rings (SSSR count). The van der Waals surface area contributed by atoms with Crippen LogP contribution in [-0.4, -0.2) is 25.5 Å². The highest BCUT2D eigenvalue weighted by Gasteiger charge is 2.50. The normalized spacial score (nSPS) is 26.3. The lowest BCUT2D eigenvalue weighted by Crippen LogP contribution is -2.44. The number of amides is 1. The summed E-state index contributed by atoms with van der Waals surface area (Å²) in [6, 6.07) is 6.58. The van der Waals surface area contributed by atoms with Gasteiger partial charge in [0.2, 0.25) is 5.91 Å². The Kier molecular flexibility index (Phi) is 2.82. The first kappa shape index (κ1) is 11.7. The first-order valence-corrected chi connectivity index (χ1v) is 6.47. The zero-order valence-corrected chi connectivity index (χ0v) is 10.2. The van der Waals surface area contributed by atoms with Crippen LogP contribution in [0.1, 0.15) is 24.3 Å². The lowest BCUT2D eigenvalue weighted by Gasteiger charge is -2.36. The van der Waals surface area contributed by atoms with Crippen molar-refractivity contribution in [1.29, 1.82) is 0 Å². The van der Waals surface area contributed by atoms with Gasteiger partial charge in [0.05, 0.1) is 5.41 Å². The molecule has 2 saturated heterocycles. The van der Waals surface area contributed by atoms with Crippen molar-refractivity contribution in [2.75, 3.05) is 19.6 Å². The Morgan fingerprint density at radius 3 is 2.50 bits per heavy atom. The summed E-state index contributed by atoms with van der Waals surface area (Å²) in [4.78, 5) is 12.2. The standard InChI is InChI=1S/C14H17FN2O/c15-11-3-1-10(2-4-11)12-9-17-13(18)14(12)5-7-16-8-6-14/h1-4,12,16H,5-9H2,(H,17,18). The molecular formula is C14H17FN2O. The van der Waals surface area contributed by atoms with Crippen molar-refractivity contribution in [3.63, 3.8) is 0 Å². The van der Waals surface area contributed by atoms with Crippen LogP contribution in [0.5, 0.6) is 0 Å². The summed E-state index contributed by atoms with van der Waals surface area (Å²) in [7, 11) is 0. The molecule has 2 aliphatic rings. The molecule has 0 radical (unpaired) electrons. The van der Waals surface area contributed by atoms with Crippen molar-refractivity contribution in [3.8, 4) is 0 Å². The van der Waals surface area contributed by atoms with E-state index >= 15 is 0 Å². The SMILES string of the molecule is O=C1NCC(c2ccc(F)cc2)C12CCNCC2. The second-order valence-electron chi connectivity index (χ2n) is 5.22. The van der Waals surface area contributed by atoms with Crippen LogP contribution in [0.25, 0.3) is 0 Å². The summed E-state index contributed by atoms with van der Waals surface area (Å²) in [5.41, 5.74) is 0.778. The van der Waals surface area contributed by atoms with Crippen LogP contribution in [0.15, 0.2) is 24.3 Å². The third kappa shape index (κ3) is 1.72. The molecule has 2 aliphatic heterocycles. The smallest absolute Gasteiger partial charge is 0.227 e. The predicted octanol–water partition coefficient (Wildman–Crippen LogP) is 1.41. The van der Waals surface area contributed by atoms with E-state index in [1.54, 1.807) is 0 Å². The van der Waals surface area contributed by atoms with Gasteiger partial charge in [-0.05, 0) is 43.6 Å². The van der Waals surface area contributed by atoms with E-state index in [0.717, 1.165) is 31.5 Å². The lowest BCUT2D eigenvalue weighted by atomic mass is 9.68. The highest BCUT2D eigenvalue weighted by Crippen LogP contribution is 2.46. The van der Waals surface area contributed by atoms with Crippen molar-refractivity contribution < 1.29 is 9.18 Å². The summed E-state index contributed by atoms with van der Waals surface area (Å²) in [5, 5.41) is 6.28. The van der Waals surface area contributed by atoms with Gasteiger partial charge in [-0.2, -0.15) is 0 Å². The van der Waals surface area contributed by atoms with Crippen LogP contribution >= 0.6 is 0 Å². The number of rotatable bonds is 1. The Labute approximate surface area is 106 Å². The number of hydrogen-bond acceptors (Lipinski definition) is 2. The quantitative estimate of drug-likeness (QED) is 0.789. The average molecular weight is 248 g/mol. The molecule has 1 unspecified atom stereocenters. The molecule has 1 aromatic rings. The predicted molar refractivity (Wildman–Crippen MR) is 66.7 cm³/mol. The van der Waals surface area contributed by atoms with Crippen molar-refractivity contribution in [3.05, 3.63) is 35.6 Å². The van der Waals surface area contributed by atoms with Crippen molar-refractivity contribution in [1.82, 2.24) is 10.6 Å². The lowest BCUT2D eigenvalue weighted by molar-refractivity contribution is -0.129. The van der Waals surface area contributed by atoms with Gasteiger partial charge in [-0.3, -0.25) is 4.79 Å². The minimum absolute atomic E-state index is 0.165. The zero-order valence-electron chi connectivity index (χ0n) is 10.2. The molecule has 4 heteroatoms. The minimum Gasteiger partial charge on any atom is -0.355 e. The molecule has 1 spiro atoms. The summed E-state index contributed by atoms with van der Waals surface area (Å²) >= 11 is 0. The monoisotopic (exact) mass is 248 g/mol. The summed E-state index contributed by atoms with van der Waals surface area (Å²) < 4.78 is 13.0. The molecule has 96 valence electrons. The van der Waals surface area contributed by atoms with Crippen molar-refractivity contribution in [2.45, 2.75) is 18.8 Å². The van der Waals surface area contributed by atoms with E-state index < -0.39 is 0 Å². The molecule has 0 bridgehead atoms. The van der Waals surface area contributed by atoms with E-state index in [1.807, 2.05) is 12.1 Å².